The molecule has 25 heavy (non-hydrogen) atoms. The van der Waals surface area contributed by atoms with Crippen molar-refractivity contribution < 1.29 is 13.2 Å². The molecule has 5 nitrogen and oxygen atoms in total. The Kier molecular flexibility index (Phi) is 5.73. The van der Waals surface area contributed by atoms with E-state index in [1.165, 1.54) is 4.31 Å². The lowest BCUT2D eigenvalue weighted by Crippen LogP contribution is -2.50. The lowest BCUT2D eigenvalue weighted by Gasteiger charge is -2.33. The van der Waals surface area contributed by atoms with Gasteiger partial charge in [-0.2, -0.15) is 15.6 Å². The summed E-state index contributed by atoms with van der Waals surface area (Å²) in [5.74, 6) is -0.0908. The van der Waals surface area contributed by atoms with Crippen molar-refractivity contribution in [3.63, 3.8) is 0 Å². The Labute approximate surface area is 159 Å². The minimum Gasteiger partial charge on any atom is -0.337 e. The van der Waals surface area contributed by atoms with Crippen LogP contribution in [-0.4, -0.2) is 49.7 Å². The third-order valence-corrected chi connectivity index (χ3v) is 7.11. The first kappa shape index (κ1) is 18.3. The fourth-order valence-corrected chi connectivity index (χ4v) is 4.86. The molecule has 0 unspecified atom stereocenters. The van der Waals surface area contributed by atoms with Crippen LogP contribution in [0.15, 0.2) is 56.5 Å². The summed E-state index contributed by atoms with van der Waals surface area (Å²) in [5, 5.41) is 3.92. The number of halogens is 1. The van der Waals surface area contributed by atoms with Crippen LogP contribution < -0.4 is 0 Å². The topological polar surface area (TPSA) is 57.7 Å². The Hall–Kier alpha value is -1.48. The molecule has 0 spiro atoms. The van der Waals surface area contributed by atoms with Gasteiger partial charge in [0.2, 0.25) is 15.9 Å². The molecule has 8 heteroatoms. The third kappa shape index (κ3) is 4.38. The van der Waals surface area contributed by atoms with Crippen LogP contribution in [0.25, 0.3) is 6.08 Å². The monoisotopic (exact) mass is 440 g/mol. The second kappa shape index (κ2) is 7.82. The number of hydrogen-bond acceptors (Lipinski definition) is 4. The highest BCUT2D eigenvalue weighted by atomic mass is 79.9. The number of thiophene rings is 1. The summed E-state index contributed by atoms with van der Waals surface area (Å²) < 4.78 is 27.6. The summed E-state index contributed by atoms with van der Waals surface area (Å²) in [7, 11) is -3.52. The van der Waals surface area contributed by atoms with Crippen molar-refractivity contribution in [2.75, 3.05) is 26.2 Å². The van der Waals surface area contributed by atoms with Gasteiger partial charge in [0.1, 0.15) is 0 Å². The van der Waals surface area contributed by atoms with E-state index in [0.29, 0.717) is 26.2 Å². The molecule has 1 fully saturated rings. The molecule has 1 aliphatic rings. The first-order valence-electron chi connectivity index (χ1n) is 7.72. The fourth-order valence-electron chi connectivity index (χ4n) is 2.55. The van der Waals surface area contributed by atoms with Gasteiger partial charge < -0.3 is 4.90 Å². The number of amides is 1. The zero-order valence-corrected chi connectivity index (χ0v) is 16.6. The maximum atomic E-state index is 12.7. The average Bonchev–Trinajstić information content (AvgIpc) is 3.14. The highest BCUT2D eigenvalue weighted by Gasteiger charge is 2.29. The molecule has 1 aromatic heterocycles. The maximum absolute atomic E-state index is 12.7. The van der Waals surface area contributed by atoms with Gasteiger partial charge in [0, 0.05) is 36.7 Å². The SMILES string of the molecule is O=C(C=Cc1ccsc1)N1CCN(S(=O)(=O)c2ccc(Br)cc2)CC1. The standard InChI is InChI=1S/C17H17BrN2O3S2/c18-15-2-4-16(5-3-15)25(22,23)20-10-8-19(9-11-20)17(21)6-1-14-7-12-24-13-14/h1-7,12-13H,8-11H2. The number of piperazine rings is 1. The van der Waals surface area contributed by atoms with Crippen molar-refractivity contribution in [1.82, 2.24) is 9.21 Å². The van der Waals surface area contributed by atoms with Gasteiger partial charge in [-0.1, -0.05) is 15.9 Å². The maximum Gasteiger partial charge on any atom is 0.246 e. The quantitative estimate of drug-likeness (QED) is 0.686. The summed E-state index contributed by atoms with van der Waals surface area (Å²) in [6.07, 6.45) is 3.32. The van der Waals surface area contributed by atoms with Gasteiger partial charge >= 0.3 is 0 Å². The average molecular weight is 441 g/mol. The van der Waals surface area contributed by atoms with Crippen LogP contribution in [-0.2, 0) is 14.8 Å². The molecule has 0 saturated carbocycles. The molecule has 2 aromatic rings. The normalized spacial score (nSPS) is 16.4. The number of carbonyl (C=O) groups is 1. The number of benzene rings is 1. The smallest absolute Gasteiger partial charge is 0.246 e. The minimum atomic E-state index is -3.52. The molecule has 1 saturated heterocycles. The number of sulfonamides is 1. The highest BCUT2D eigenvalue weighted by molar-refractivity contribution is 9.10. The van der Waals surface area contributed by atoms with E-state index in [1.54, 1.807) is 52.7 Å². The van der Waals surface area contributed by atoms with E-state index in [-0.39, 0.29) is 10.8 Å². The first-order chi connectivity index (χ1) is 12.0. The zero-order valence-electron chi connectivity index (χ0n) is 13.3. The van der Waals surface area contributed by atoms with E-state index in [4.69, 9.17) is 0 Å². The van der Waals surface area contributed by atoms with Crippen LogP contribution >= 0.6 is 27.3 Å². The Bertz CT molecular complexity index is 854. The van der Waals surface area contributed by atoms with Gasteiger partial charge in [-0.15, -0.1) is 0 Å². The zero-order chi connectivity index (χ0) is 17.9. The highest BCUT2D eigenvalue weighted by Crippen LogP contribution is 2.20. The van der Waals surface area contributed by atoms with Gasteiger partial charge in [-0.25, -0.2) is 8.42 Å². The molecular formula is C17H17BrN2O3S2. The number of hydrogen-bond donors (Lipinski definition) is 0. The Morgan fingerprint density at radius 3 is 2.36 bits per heavy atom. The minimum absolute atomic E-state index is 0.0908. The van der Waals surface area contributed by atoms with Crippen molar-refractivity contribution in [3.05, 3.63) is 57.2 Å². The van der Waals surface area contributed by atoms with Gasteiger partial charge in [0.25, 0.3) is 0 Å². The molecule has 0 bridgehead atoms. The molecule has 0 aliphatic carbocycles. The molecule has 1 aliphatic heterocycles. The summed E-state index contributed by atoms with van der Waals surface area (Å²) in [4.78, 5) is 14.2. The molecular weight excluding hydrogens is 424 g/mol. The number of carbonyl (C=O) groups excluding carboxylic acids is 1. The van der Waals surface area contributed by atoms with Crippen LogP contribution in [0.4, 0.5) is 0 Å². The van der Waals surface area contributed by atoms with Crippen LogP contribution in [0, 0.1) is 0 Å². The first-order valence-corrected chi connectivity index (χ1v) is 10.9. The molecule has 0 radical (unpaired) electrons. The molecule has 3 rings (SSSR count). The summed E-state index contributed by atoms with van der Waals surface area (Å²) in [6, 6.07) is 8.53. The Morgan fingerprint density at radius 1 is 1.08 bits per heavy atom. The fraction of sp³-hybridized carbons (Fsp3) is 0.235. The third-order valence-electron chi connectivity index (χ3n) is 3.96. The lowest BCUT2D eigenvalue weighted by molar-refractivity contribution is -0.127. The van der Waals surface area contributed by atoms with Crippen molar-refractivity contribution in [2.45, 2.75) is 4.90 Å². The van der Waals surface area contributed by atoms with E-state index in [9.17, 15) is 13.2 Å². The molecule has 0 atom stereocenters. The van der Waals surface area contributed by atoms with Crippen LogP contribution in [0.1, 0.15) is 5.56 Å². The van der Waals surface area contributed by atoms with Crippen LogP contribution in [0.3, 0.4) is 0 Å². The van der Waals surface area contributed by atoms with Crippen LogP contribution in [0.5, 0.6) is 0 Å². The molecule has 2 heterocycles. The number of nitrogens with zero attached hydrogens (tertiary/aromatic N) is 2. The summed E-state index contributed by atoms with van der Waals surface area (Å²) in [5.41, 5.74) is 0.995. The van der Waals surface area contributed by atoms with E-state index >= 15 is 0 Å². The number of rotatable bonds is 4. The molecule has 132 valence electrons. The van der Waals surface area contributed by atoms with Crippen molar-refractivity contribution >= 4 is 49.3 Å². The van der Waals surface area contributed by atoms with E-state index in [0.717, 1.165) is 10.0 Å². The summed E-state index contributed by atoms with van der Waals surface area (Å²) >= 11 is 4.88. The summed E-state index contributed by atoms with van der Waals surface area (Å²) in [6.45, 7) is 1.39. The lowest BCUT2D eigenvalue weighted by atomic mass is 10.3. The van der Waals surface area contributed by atoms with E-state index in [1.807, 2.05) is 16.8 Å². The predicted molar refractivity (Wildman–Crippen MR) is 103 cm³/mol. The van der Waals surface area contributed by atoms with Gasteiger partial charge in [-0.3, -0.25) is 4.79 Å². The van der Waals surface area contributed by atoms with Gasteiger partial charge in [0.05, 0.1) is 4.90 Å². The van der Waals surface area contributed by atoms with E-state index in [2.05, 4.69) is 15.9 Å². The van der Waals surface area contributed by atoms with Crippen LogP contribution in [0.2, 0.25) is 0 Å². The Balaban J connectivity index is 1.61. The van der Waals surface area contributed by atoms with Crippen molar-refractivity contribution in [3.8, 4) is 0 Å². The molecule has 1 amide bonds. The van der Waals surface area contributed by atoms with Crippen molar-refractivity contribution in [1.29, 1.82) is 0 Å². The second-order valence-electron chi connectivity index (χ2n) is 5.57. The largest absolute Gasteiger partial charge is 0.337 e. The van der Waals surface area contributed by atoms with Gasteiger partial charge in [0.15, 0.2) is 0 Å². The predicted octanol–water partition coefficient (Wildman–Crippen LogP) is 3.06. The Morgan fingerprint density at radius 2 is 1.76 bits per heavy atom. The van der Waals surface area contributed by atoms with Gasteiger partial charge in [-0.05, 0) is 52.7 Å². The molecule has 0 N–H and O–H groups in total. The molecule has 1 aromatic carbocycles. The van der Waals surface area contributed by atoms with Crippen molar-refractivity contribution in [2.24, 2.45) is 0 Å². The van der Waals surface area contributed by atoms with E-state index < -0.39 is 10.0 Å². The second-order valence-corrected chi connectivity index (χ2v) is 9.21.